The summed E-state index contributed by atoms with van der Waals surface area (Å²) in [6, 6.07) is 21.5. The molecule has 0 unspecified atom stereocenters. The van der Waals surface area contributed by atoms with E-state index in [-0.39, 0.29) is 11.9 Å². The molecule has 0 saturated heterocycles. The Balaban J connectivity index is 1.61. The van der Waals surface area contributed by atoms with Gasteiger partial charge in [-0.25, -0.2) is 4.79 Å². The number of aromatic amines is 1. The molecule has 6 nitrogen and oxygen atoms in total. The summed E-state index contributed by atoms with van der Waals surface area (Å²) in [5.41, 5.74) is 3.93. The lowest BCUT2D eigenvalue weighted by Crippen LogP contribution is -2.32. The van der Waals surface area contributed by atoms with Crippen molar-refractivity contribution in [3.05, 3.63) is 84.1 Å². The minimum atomic E-state index is -0.251. The van der Waals surface area contributed by atoms with E-state index in [0.29, 0.717) is 18.0 Å². The number of rotatable bonds is 8. The fourth-order valence-electron chi connectivity index (χ4n) is 3.93. The molecule has 3 N–H and O–H groups in total. The van der Waals surface area contributed by atoms with Gasteiger partial charge in [-0.05, 0) is 53.8 Å². The van der Waals surface area contributed by atoms with Crippen LogP contribution in [-0.2, 0) is 0 Å². The second kappa shape index (κ2) is 10.4. The van der Waals surface area contributed by atoms with Crippen LogP contribution in [0, 0.1) is 0 Å². The third-order valence-corrected chi connectivity index (χ3v) is 6.33. The number of carbonyl (C=O) groups is 1. The summed E-state index contributed by atoms with van der Waals surface area (Å²) in [6.07, 6.45) is 4.02. The topological polar surface area (TPSA) is 75.4 Å². The van der Waals surface area contributed by atoms with Gasteiger partial charge in [0.1, 0.15) is 0 Å². The van der Waals surface area contributed by atoms with Crippen molar-refractivity contribution in [3.8, 4) is 11.5 Å². The number of hydrogen-bond acceptors (Lipinski definition) is 4. The molecule has 0 fully saturated rings. The van der Waals surface area contributed by atoms with E-state index in [1.807, 2.05) is 73.1 Å². The molecule has 4 aromatic rings. The zero-order chi connectivity index (χ0) is 23.2. The summed E-state index contributed by atoms with van der Waals surface area (Å²) >= 11 is 1.63. The molecular weight excluding hydrogens is 434 g/mol. The first-order valence-electron chi connectivity index (χ1n) is 10.6. The van der Waals surface area contributed by atoms with Crippen LogP contribution in [0.3, 0.4) is 0 Å². The monoisotopic (exact) mass is 461 g/mol. The Labute approximate surface area is 197 Å². The van der Waals surface area contributed by atoms with Crippen molar-refractivity contribution in [2.24, 2.45) is 0 Å². The molecule has 7 heteroatoms. The molecule has 1 heterocycles. The molecule has 0 radical (unpaired) electrons. The van der Waals surface area contributed by atoms with Crippen molar-refractivity contribution in [1.29, 1.82) is 0 Å². The van der Waals surface area contributed by atoms with Gasteiger partial charge in [0.25, 0.3) is 0 Å². The van der Waals surface area contributed by atoms with Gasteiger partial charge >= 0.3 is 6.03 Å². The normalized spacial score (nSPS) is 11.7. The van der Waals surface area contributed by atoms with Gasteiger partial charge in [0.2, 0.25) is 0 Å². The van der Waals surface area contributed by atoms with Crippen LogP contribution < -0.4 is 20.1 Å². The largest absolute Gasteiger partial charge is 0.493 e. The Bertz CT molecular complexity index is 1250. The first kappa shape index (κ1) is 22.6. The maximum atomic E-state index is 12.7. The summed E-state index contributed by atoms with van der Waals surface area (Å²) < 4.78 is 10.9. The van der Waals surface area contributed by atoms with Crippen molar-refractivity contribution in [2.45, 2.75) is 10.8 Å². The second-order valence-corrected chi connectivity index (χ2v) is 8.40. The van der Waals surface area contributed by atoms with Gasteiger partial charge in [0, 0.05) is 40.1 Å². The number of benzene rings is 3. The van der Waals surface area contributed by atoms with Gasteiger partial charge < -0.3 is 25.1 Å². The van der Waals surface area contributed by atoms with Crippen molar-refractivity contribution in [2.75, 3.05) is 32.3 Å². The summed E-state index contributed by atoms with van der Waals surface area (Å²) in [5.74, 6) is 1.22. The second-order valence-electron chi connectivity index (χ2n) is 7.52. The maximum absolute atomic E-state index is 12.7. The van der Waals surface area contributed by atoms with Gasteiger partial charge in [-0.1, -0.05) is 30.3 Å². The van der Waals surface area contributed by atoms with E-state index in [1.165, 1.54) is 0 Å². The molecule has 0 aliphatic rings. The number of ether oxygens (including phenoxy) is 2. The molecule has 0 aliphatic heterocycles. The first-order valence-corrected chi connectivity index (χ1v) is 11.8. The summed E-state index contributed by atoms with van der Waals surface area (Å²) in [7, 11) is 3.24. The number of amides is 2. The number of anilines is 1. The fourth-order valence-corrected chi connectivity index (χ4v) is 4.39. The molecule has 0 aliphatic carbocycles. The minimum absolute atomic E-state index is 0.0933. The molecule has 2 amide bonds. The lowest BCUT2D eigenvalue weighted by Gasteiger charge is -2.20. The van der Waals surface area contributed by atoms with E-state index in [0.717, 1.165) is 32.6 Å². The van der Waals surface area contributed by atoms with Crippen LogP contribution in [0.15, 0.2) is 77.8 Å². The van der Waals surface area contributed by atoms with E-state index in [2.05, 4.69) is 21.7 Å². The Morgan fingerprint density at radius 2 is 1.82 bits per heavy atom. The van der Waals surface area contributed by atoms with Crippen LogP contribution in [-0.4, -0.2) is 38.0 Å². The number of carbonyl (C=O) groups excluding carboxylic acids is 1. The predicted octanol–water partition coefficient (Wildman–Crippen LogP) is 5.86. The molecule has 1 atom stereocenters. The van der Waals surface area contributed by atoms with Gasteiger partial charge in [-0.15, -0.1) is 11.8 Å². The van der Waals surface area contributed by atoms with E-state index >= 15 is 0 Å². The predicted molar refractivity (Wildman–Crippen MR) is 135 cm³/mol. The molecule has 170 valence electrons. The highest BCUT2D eigenvalue weighted by Gasteiger charge is 2.21. The Kier molecular flexibility index (Phi) is 7.10. The molecule has 33 heavy (non-hydrogen) atoms. The van der Waals surface area contributed by atoms with Crippen molar-refractivity contribution in [1.82, 2.24) is 10.3 Å². The summed E-state index contributed by atoms with van der Waals surface area (Å²) in [6.45, 7) is 0.408. The SMILES string of the molecule is COc1ccc([C@@H](CNC(=O)Nc2cccc(SC)c2)c2c[nH]c3ccccc23)cc1OC. The van der Waals surface area contributed by atoms with Crippen molar-refractivity contribution in [3.63, 3.8) is 0 Å². The smallest absolute Gasteiger partial charge is 0.319 e. The number of urea groups is 1. The summed E-state index contributed by atoms with van der Waals surface area (Å²) in [5, 5.41) is 7.09. The molecule has 3 aromatic carbocycles. The van der Waals surface area contributed by atoms with Crippen LogP contribution >= 0.6 is 11.8 Å². The Morgan fingerprint density at radius 1 is 1.00 bits per heavy atom. The maximum Gasteiger partial charge on any atom is 0.319 e. The first-order chi connectivity index (χ1) is 16.1. The summed E-state index contributed by atoms with van der Waals surface area (Å²) in [4.78, 5) is 17.2. The lowest BCUT2D eigenvalue weighted by molar-refractivity contribution is 0.252. The number of thioether (sulfide) groups is 1. The molecule has 1 aromatic heterocycles. The van der Waals surface area contributed by atoms with Gasteiger partial charge in [-0.2, -0.15) is 0 Å². The number of H-pyrrole nitrogens is 1. The number of hydrogen-bond donors (Lipinski definition) is 3. The van der Waals surface area contributed by atoms with Gasteiger partial charge in [0.05, 0.1) is 14.2 Å². The highest BCUT2D eigenvalue weighted by molar-refractivity contribution is 7.98. The van der Waals surface area contributed by atoms with Crippen LogP contribution in [0.1, 0.15) is 17.0 Å². The zero-order valence-corrected chi connectivity index (χ0v) is 19.7. The zero-order valence-electron chi connectivity index (χ0n) is 18.8. The quantitative estimate of drug-likeness (QED) is 0.287. The number of aromatic nitrogens is 1. The molecular formula is C26H27N3O3S. The average molecular weight is 462 g/mol. The van der Waals surface area contributed by atoms with E-state index in [9.17, 15) is 4.79 Å². The van der Waals surface area contributed by atoms with Crippen LogP contribution in [0.25, 0.3) is 10.9 Å². The molecule has 0 saturated carbocycles. The van der Waals surface area contributed by atoms with Crippen molar-refractivity contribution >= 4 is 34.4 Å². The van der Waals surface area contributed by atoms with Crippen LogP contribution in [0.4, 0.5) is 10.5 Å². The van der Waals surface area contributed by atoms with Crippen LogP contribution in [0.2, 0.25) is 0 Å². The Hall–Kier alpha value is -3.58. The fraction of sp³-hybridized carbons (Fsp3) is 0.192. The minimum Gasteiger partial charge on any atom is -0.493 e. The highest BCUT2D eigenvalue weighted by Crippen LogP contribution is 2.35. The number of para-hydroxylation sites is 1. The molecule has 4 rings (SSSR count). The van der Waals surface area contributed by atoms with Crippen LogP contribution in [0.5, 0.6) is 11.5 Å². The Morgan fingerprint density at radius 3 is 2.61 bits per heavy atom. The third kappa shape index (κ3) is 5.09. The highest BCUT2D eigenvalue weighted by atomic mass is 32.2. The average Bonchev–Trinajstić information content (AvgIpc) is 3.28. The van der Waals surface area contributed by atoms with Gasteiger partial charge in [-0.3, -0.25) is 0 Å². The lowest BCUT2D eigenvalue weighted by atomic mass is 9.90. The van der Waals surface area contributed by atoms with E-state index < -0.39 is 0 Å². The molecule has 0 bridgehead atoms. The van der Waals surface area contributed by atoms with E-state index in [4.69, 9.17) is 9.47 Å². The van der Waals surface area contributed by atoms with Crippen molar-refractivity contribution < 1.29 is 14.3 Å². The standard InChI is InChI=1S/C26H27N3O3S/c1-31-24-12-11-17(13-25(24)32-2)21(22-16-27-23-10-5-4-9-20(22)23)15-28-26(30)29-18-7-6-8-19(14-18)33-3/h4-14,16,21,27H,15H2,1-3H3,(H2,28,29,30)/t21-/m1/s1. The van der Waals surface area contributed by atoms with E-state index in [1.54, 1.807) is 26.0 Å². The number of methoxy groups -OCH3 is 2. The number of nitrogens with one attached hydrogen (secondary N) is 3. The third-order valence-electron chi connectivity index (χ3n) is 5.60. The van der Waals surface area contributed by atoms with Gasteiger partial charge in [0.15, 0.2) is 11.5 Å². The molecule has 0 spiro atoms. The number of fused-ring (bicyclic) bond motifs is 1.